The molecule has 0 amide bonds. The largest absolute Gasteiger partial charge is 0.434 e. The minimum atomic E-state index is -2.87. The molecule has 0 atom stereocenters. The van der Waals surface area contributed by atoms with Gasteiger partial charge in [0.05, 0.1) is 13.2 Å². The second-order valence-electron chi connectivity index (χ2n) is 4.65. The van der Waals surface area contributed by atoms with Crippen molar-refractivity contribution in [2.75, 3.05) is 19.8 Å². The molecule has 4 nitrogen and oxygen atoms in total. The van der Waals surface area contributed by atoms with E-state index in [1.807, 2.05) is 13.8 Å². The normalized spacial score (nSPS) is 11.1. The minimum Gasteiger partial charge on any atom is -0.434 e. The van der Waals surface area contributed by atoms with Crippen LogP contribution in [0.5, 0.6) is 5.75 Å². The highest BCUT2D eigenvalue weighted by Gasteiger charge is 2.10. The van der Waals surface area contributed by atoms with E-state index in [4.69, 9.17) is 0 Å². The fourth-order valence-corrected chi connectivity index (χ4v) is 1.82. The number of rotatable bonds is 8. The van der Waals surface area contributed by atoms with Crippen molar-refractivity contribution < 1.29 is 17.9 Å². The molecule has 132 valence electrons. The molecule has 8 heteroatoms. The maximum atomic E-state index is 12.4. The first-order valence-corrected chi connectivity index (χ1v) is 7.19. The third kappa shape index (κ3) is 8.87. The Morgan fingerprint density at radius 1 is 1.30 bits per heavy atom. The number of hydrogen-bond donors (Lipinski definition) is 2. The van der Waals surface area contributed by atoms with Crippen LogP contribution in [0, 0.1) is 6.92 Å². The Kier molecular flexibility index (Phi) is 11.6. The average Bonchev–Trinajstić information content (AvgIpc) is 2.47. The fraction of sp³-hybridized carbons (Fsp3) is 0.533. The summed E-state index contributed by atoms with van der Waals surface area (Å²) in [6.45, 7) is 1.78. The first kappa shape index (κ1) is 21.8. The highest BCUT2D eigenvalue weighted by molar-refractivity contribution is 14.0. The number of nitrogens with zero attached hydrogens (tertiary/aromatic N) is 1. The Balaban J connectivity index is 0.00000484. The molecule has 1 rings (SSSR count). The smallest absolute Gasteiger partial charge is 0.387 e. The zero-order chi connectivity index (χ0) is 16.4. The summed E-state index contributed by atoms with van der Waals surface area (Å²) in [6.07, 6.45) is 0.384. The zero-order valence-corrected chi connectivity index (χ0v) is 15.6. The van der Waals surface area contributed by atoms with Crippen LogP contribution in [0.25, 0.3) is 0 Å². The molecule has 0 aliphatic heterocycles. The Morgan fingerprint density at radius 3 is 2.65 bits per heavy atom. The van der Waals surface area contributed by atoms with Crippen LogP contribution < -0.4 is 15.4 Å². The van der Waals surface area contributed by atoms with Gasteiger partial charge >= 0.3 is 6.61 Å². The lowest BCUT2D eigenvalue weighted by Crippen LogP contribution is -2.37. The maximum absolute atomic E-state index is 12.4. The predicted octanol–water partition coefficient (Wildman–Crippen LogP) is 3.63. The molecule has 1 aromatic rings. The van der Waals surface area contributed by atoms with Gasteiger partial charge in [-0.2, -0.15) is 8.78 Å². The Bertz CT molecular complexity index is 487. The van der Waals surface area contributed by atoms with Gasteiger partial charge in [0.15, 0.2) is 5.96 Å². The molecule has 1 aromatic carbocycles. The summed E-state index contributed by atoms with van der Waals surface area (Å²) in [5.41, 5.74) is 1.50. The van der Waals surface area contributed by atoms with Gasteiger partial charge in [-0.3, -0.25) is 4.39 Å². The first-order valence-electron chi connectivity index (χ1n) is 7.19. The number of halogens is 4. The van der Waals surface area contributed by atoms with Crippen molar-refractivity contribution in [3.8, 4) is 5.75 Å². The van der Waals surface area contributed by atoms with Crippen LogP contribution in [0.4, 0.5) is 13.2 Å². The average molecular weight is 445 g/mol. The summed E-state index contributed by atoms with van der Waals surface area (Å²) in [5.74, 6) is 0.629. The third-order valence-electron chi connectivity index (χ3n) is 2.79. The first-order chi connectivity index (χ1) is 10.6. The number of aryl methyl sites for hydroxylation is 1. The lowest BCUT2D eigenvalue weighted by molar-refractivity contribution is -0.0504. The van der Waals surface area contributed by atoms with E-state index in [1.165, 1.54) is 6.07 Å². The van der Waals surface area contributed by atoms with Gasteiger partial charge in [0.25, 0.3) is 0 Å². The third-order valence-corrected chi connectivity index (χ3v) is 2.79. The van der Waals surface area contributed by atoms with Crippen molar-refractivity contribution in [1.82, 2.24) is 10.6 Å². The van der Waals surface area contributed by atoms with Crippen LogP contribution in [0.15, 0.2) is 23.2 Å². The zero-order valence-electron chi connectivity index (χ0n) is 13.2. The van der Waals surface area contributed by atoms with Crippen LogP contribution in [0.2, 0.25) is 0 Å². The summed E-state index contributed by atoms with van der Waals surface area (Å²) in [7, 11) is 0. The van der Waals surface area contributed by atoms with E-state index in [0.29, 0.717) is 31.0 Å². The second kappa shape index (κ2) is 12.3. The van der Waals surface area contributed by atoms with E-state index in [1.54, 1.807) is 12.1 Å². The van der Waals surface area contributed by atoms with Crippen molar-refractivity contribution >= 4 is 29.9 Å². The number of aliphatic imine (C=N–C) groups is 1. The van der Waals surface area contributed by atoms with Crippen LogP contribution in [-0.4, -0.2) is 32.3 Å². The van der Waals surface area contributed by atoms with Crippen LogP contribution in [-0.2, 0) is 6.54 Å². The van der Waals surface area contributed by atoms with Crippen molar-refractivity contribution in [3.05, 3.63) is 29.3 Å². The number of nitrogens with one attached hydrogen (secondary N) is 2. The quantitative estimate of drug-likeness (QED) is 0.278. The van der Waals surface area contributed by atoms with E-state index in [-0.39, 0.29) is 36.3 Å². The van der Waals surface area contributed by atoms with Crippen molar-refractivity contribution in [2.45, 2.75) is 33.4 Å². The monoisotopic (exact) mass is 445 g/mol. The van der Waals surface area contributed by atoms with Gasteiger partial charge in [-0.05, 0) is 26.3 Å². The van der Waals surface area contributed by atoms with E-state index >= 15 is 0 Å². The maximum Gasteiger partial charge on any atom is 0.387 e. The lowest BCUT2D eigenvalue weighted by atomic mass is 10.1. The molecule has 0 fully saturated rings. The molecule has 0 unspecified atom stereocenters. The van der Waals surface area contributed by atoms with Crippen LogP contribution in [0.3, 0.4) is 0 Å². The van der Waals surface area contributed by atoms with E-state index < -0.39 is 13.3 Å². The van der Waals surface area contributed by atoms with Crippen LogP contribution in [0.1, 0.15) is 24.5 Å². The predicted molar refractivity (Wildman–Crippen MR) is 96.6 cm³/mol. The Hall–Kier alpha value is -1.19. The molecular weight excluding hydrogens is 422 g/mol. The van der Waals surface area contributed by atoms with Crippen molar-refractivity contribution in [3.63, 3.8) is 0 Å². The lowest BCUT2D eigenvalue weighted by Gasteiger charge is -2.13. The molecule has 0 radical (unpaired) electrons. The molecule has 0 spiro atoms. The van der Waals surface area contributed by atoms with Gasteiger partial charge < -0.3 is 15.4 Å². The highest BCUT2D eigenvalue weighted by Crippen LogP contribution is 2.22. The topological polar surface area (TPSA) is 45.7 Å². The molecule has 0 heterocycles. The van der Waals surface area contributed by atoms with E-state index in [0.717, 1.165) is 5.56 Å². The standard InChI is InChI=1S/C15H22F3N3O.HI/c1-3-19-15(20-8-4-7-16)21-10-12-9-11(2)5-6-13(12)22-14(17)18;/h5-6,9,14H,3-4,7-8,10H2,1-2H3,(H2,19,20,21);1H. The van der Waals surface area contributed by atoms with Gasteiger partial charge in [-0.25, -0.2) is 4.99 Å². The summed E-state index contributed by atoms with van der Waals surface area (Å²) >= 11 is 0. The number of guanidine groups is 1. The molecule has 2 N–H and O–H groups in total. The van der Waals surface area contributed by atoms with Crippen LogP contribution >= 0.6 is 24.0 Å². The van der Waals surface area contributed by atoms with Gasteiger partial charge in [0.2, 0.25) is 0 Å². The molecule has 0 saturated heterocycles. The number of benzene rings is 1. The molecule has 0 aliphatic carbocycles. The SMILES string of the molecule is CCNC(=NCc1cc(C)ccc1OC(F)F)NCCCF.I. The van der Waals surface area contributed by atoms with Gasteiger partial charge in [-0.15, -0.1) is 24.0 Å². The van der Waals surface area contributed by atoms with Gasteiger partial charge in [-0.1, -0.05) is 17.7 Å². The molecular formula is C15H23F3IN3O. The van der Waals surface area contributed by atoms with E-state index in [2.05, 4.69) is 20.4 Å². The van der Waals surface area contributed by atoms with Gasteiger partial charge in [0.1, 0.15) is 5.75 Å². The molecule has 0 saturated carbocycles. The fourth-order valence-electron chi connectivity index (χ4n) is 1.82. The number of ether oxygens (including phenoxy) is 1. The molecule has 0 bridgehead atoms. The molecule has 0 aliphatic rings. The van der Waals surface area contributed by atoms with Crippen molar-refractivity contribution in [1.29, 1.82) is 0 Å². The summed E-state index contributed by atoms with van der Waals surface area (Å²) in [5, 5.41) is 5.99. The Morgan fingerprint density at radius 2 is 2.04 bits per heavy atom. The molecule has 0 aromatic heterocycles. The van der Waals surface area contributed by atoms with Crippen molar-refractivity contribution in [2.24, 2.45) is 4.99 Å². The molecule has 23 heavy (non-hydrogen) atoms. The van der Waals surface area contributed by atoms with Gasteiger partial charge in [0, 0.05) is 18.7 Å². The van der Waals surface area contributed by atoms with E-state index in [9.17, 15) is 13.2 Å². The number of hydrogen-bond acceptors (Lipinski definition) is 2. The number of alkyl halides is 3. The summed E-state index contributed by atoms with van der Waals surface area (Å²) < 4.78 is 41.4. The Labute approximate surface area is 151 Å². The summed E-state index contributed by atoms with van der Waals surface area (Å²) in [4.78, 5) is 4.31. The second-order valence-corrected chi connectivity index (χ2v) is 4.65. The summed E-state index contributed by atoms with van der Waals surface area (Å²) in [6, 6.07) is 4.97. The minimum absolute atomic E-state index is 0. The highest BCUT2D eigenvalue weighted by atomic mass is 127.